The van der Waals surface area contributed by atoms with Crippen molar-refractivity contribution in [3.8, 4) is 0 Å². The van der Waals surface area contributed by atoms with Gasteiger partial charge in [-0.15, -0.1) is 11.3 Å². The standard InChI is InChI=1S/C16H14F2N2O2S2/c1-10(16-19-14-5-3-4-6-15(14)23-16)20(2)24(21,22)11-7-8-12(17)13(18)9-11/h3-10H,1-2H3/t10-/m1/s1. The quantitative estimate of drug-likeness (QED) is 0.700. The molecule has 0 saturated heterocycles. The van der Waals surface area contributed by atoms with E-state index < -0.39 is 27.7 Å². The maximum Gasteiger partial charge on any atom is 0.243 e. The number of hydrogen-bond acceptors (Lipinski definition) is 4. The Morgan fingerprint density at radius 3 is 2.50 bits per heavy atom. The first-order chi connectivity index (χ1) is 11.3. The van der Waals surface area contributed by atoms with Crippen molar-refractivity contribution in [3.05, 3.63) is 59.1 Å². The molecule has 0 bridgehead atoms. The van der Waals surface area contributed by atoms with Crippen molar-refractivity contribution in [2.75, 3.05) is 7.05 Å². The molecule has 0 radical (unpaired) electrons. The summed E-state index contributed by atoms with van der Waals surface area (Å²) in [6.07, 6.45) is 0. The van der Waals surface area contributed by atoms with E-state index in [1.807, 2.05) is 24.3 Å². The van der Waals surface area contributed by atoms with E-state index in [0.29, 0.717) is 11.1 Å². The zero-order valence-corrected chi connectivity index (χ0v) is 14.5. The molecule has 4 nitrogen and oxygen atoms in total. The van der Waals surface area contributed by atoms with Crippen molar-refractivity contribution in [2.24, 2.45) is 0 Å². The molecule has 24 heavy (non-hydrogen) atoms. The molecule has 1 atom stereocenters. The van der Waals surface area contributed by atoms with Crippen LogP contribution in [0.15, 0.2) is 47.4 Å². The first-order valence-corrected chi connectivity index (χ1v) is 9.35. The first kappa shape index (κ1) is 16.9. The third kappa shape index (κ3) is 2.92. The fourth-order valence-electron chi connectivity index (χ4n) is 2.24. The Balaban J connectivity index is 1.96. The van der Waals surface area contributed by atoms with Crippen LogP contribution in [0.25, 0.3) is 10.2 Å². The average Bonchev–Trinajstić information content (AvgIpc) is 2.99. The van der Waals surface area contributed by atoms with Crippen molar-refractivity contribution in [3.63, 3.8) is 0 Å². The lowest BCUT2D eigenvalue weighted by Gasteiger charge is -2.22. The van der Waals surface area contributed by atoms with Crippen molar-refractivity contribution >= 4 is 31.6 Å². The largest absolute Gasteiger partial charge is 0.243 e. The summed E-state index contributed by atoms with van der Waals surface area (Å²) in [5, 5.41) is 0.629. The molecule has 3 aromatic rings. The number of fused-ring (bicyclic) bond motifs is 1. The molecule has 0 spiro atoms. The Morgan fingerprint density at radius 2 is 1.83 bits per heavy atom. The van der Waals surface area contributed by atoms with Crippen LogP contribution in [-0.2, 0) is 10.0 Å². The van der Waals surface area contributed by atoms with Gasteiger partial charge in [0.15, 0.2) is 11.6 Å². The molecule has 0 saturated carbocycles. The Kier molecular flexibility index (Phi) is 4.37. The summed E-state index contributed by atoms with van der Waals surface area (Å²) in [5.41, 5.74) is 0.794. The van der Waals surface area contributed by atoms with E-state index in [-0.39, 0.29) is 4.90 Å². The van der Waals surface area contributed by atoms with E-state index in [1.165, 1.54) is 18.4 Å². The highest BCUT2D eigenvalue weighted by Gasteiger charge is 2.29. The fraction of sp³-hybridized carbons (Fsp3) is 0.188. The van der Waals surface area contributed by atoms with Gasteiger partial charge in [0, 0.05) is 7.05 Å². The van der Waals surface area contributed by atoms with Crippen LogP contribution in [0.4, 0.5) is 8.78 Å². The predicted octanol–water partition coefficient (Wildman–Crippen LogP) is 3.96. The molecule has 1 aromatic heterocycles. The van der Waals surface area contributed by atoms with Gasteiger partial charge in [-0.3, -0.25) is 0 Å². The summed E-state index contributed by atoms with van der Waals surface area (Å²) in [5.74, 6) is -2.28. The number of hydrogen-bond donors (Lipinski definition) is 0. The lowest BCUT2D eigenvalue weighted by atomic mass is 10.3. The number of nitrogens with zero attached hydrogens (tertiary/aromatic N) is 2. The van der Waals surface area contributed by atoms with Gasteiger partial charge in [0.1, 0.15) is 5.01 Å². The molecule has 0 fully saturated rings. The normalized spacial score (nSPS) is 13.5. The zero-order valence-electron chi connectivity index (χ0n) is 12.9. The van der Waals surface area contributed by atoms with E-state index in [2.05, 4.69) is 4.98 Å². The molecule has 1 heterocycles. The van der Waals surface area contributed by atoms with E-state index >= 15 is 0 Å². The van der Waals surface area contributed by atoms with Gasteiger partial charge in [-0.1, -0.05) is 12.1 Å². The summed E-state index contributed by atoms with van der Waals surface area (Å²) in [4.78, 5) is 4.16. The summed E-state index contributed by atoms with van der Waals surface area (Å²) >= 11 is 1.40. The van der Waals surface area contributed by atoms with Gasteiger partial charge in [-0.05, 0) is 37.3 Å². The van der Waals surface area contributed by atoms with Crippen LogP contribution in [0.2, 0.25) is 0 Å². The van der Waals surface area contributed by atoms with Gasteiger partial charge >= 0.3 is 0 Å². The molecular weight excluding hydrogens is 354 g/mol. The predicted molar refractivity (Wildman–Crippen MR) is 89.3 cm³/mol. The summed E-state index contributed by atoms with van der Waals surface area (Å²) in [6, 6.07) is 9.51. The maximum atomic E-state index is 13.4. The fourth-order valence-corrected chi connectivity index (χ4v) is 4.71. The second-order valence-electron chi connectivity index (χ2n) is 5.29. The SMILES string of the molecule is C[C@H](c1nc2ccccc2s1)N(C)S(=O)(=O)c1ccc(F)c(F)c1. The van der Waals surface area contributed by atoms with Crippen molar-refractivity contribution in [1.82, 2.24) is 9.29 Å². The van der Waals surface area contributed by atoms with Crippen molar-refractivity contribution in [1.29, 1.82) is 0 Å². The average molecular weight is 368 g/mol. The van der Waals surface area contributed by atoms with E-state index in [4.69, 9.17) is 0 Å². The van der Waals surface area contributed by atoms with E-state index in [1.54, 1.807) is 6.92 Å². The molecule has 2 aromatic carbocycles. The molecule has 0 aliphatic carbocycles. The molecule has 0 N–H and O–H groups in total. The van der Waals surface area contributed by atoms with Crippen LogP contribution in [0.1, 0.15) is 18.0 Å². The lowest BCUT2D eigenvalue weighted by molar-refractivity contribution is 0.397. The molecule has 0 unspecified atom stereocenters. The van der Waals surface area contributed by atoms with E-state index in [0.717, 1.165) is 26.7 Å². The third-order valence-electron chi connectivity index (χ3n) is 3.78. The number of rotatable bonds is 4. The molecule has 0 aliphatic rings. The monoisotopic (exact) mass is 368 g/mol. The summed E-state index contributed by atoms with van der Waals surface area (Å²) < 4.78 is 53.7. The minimum Gasteiger partial charge on any atom is -0.239 e. The molecule has 3 rings (SSSR count). The van der Waals surface area contributed by atoms with Gasteiger partial charge in [0.05, 0.1) is 21.2 Å². The van der Waals surface area contributed by atoms with E-state index in [9.17, 15) is 17.2 Å². The topological polar surface area (TPSA) is 50.3 Å². The van der Waals surface area contributed by atoms with Crippen LogP contribution >= 0.6 is 11.3 Å². The summed E-state index contributed by atoms with van der Waals surface area (Å²) in [7, 11) is -2.57. The first-order valence-electron chi connectivity index (χ1n) is 7.09. The minimum absolute atomic E-state index is 0.295. The van der Waals surface area contributed by atoms with Crippen LogP contribution in [-0.4, -0.2) is 24.8 Å². The van der Waals surface area contributed by atoms with Gasteiger partial charge in [0.25, 0.3) is 0 Å². The number of thiazole rings is 1. The van der Waals surface area contributed by atoms with Crippen LogP contribution < -0.4 is 0 Å². The molecular formula is C16H14F2N2O2S2. The second-order valence-corrected chi connectivity index (χ2v) is 8.35. The Morgan fingerprint density at radius 1 is 1.12 bits per heavy atom. The van der Waals surface area contributed by atoms with Crippen molar-refractivity contribution < 1.29 is 17.2 Å². The number of benzene rings is 2. The summed E-state index contributed by atoms with van der Waals surface area (Å²) in [6.45, 7) is 1.70. The number of aromatic nitrogens is 1. The lowest BCUT2D eigenvalue weighted by Crippen LogP contribution is -2.29. The third-order valence-corrected chi connectivity index (χ3v) is 6.91. The van der Waals surface area contributed by atoms with Gasteiger partial charge < -0.3 is 0 Å². The van der Waals surface area contributed by atoms with Gasteiger partial charge in [0.2, 0.25) is 10.0 Å². The maximum absolute atomic E-state index is 13.4. The van der Waals surface area contributed by atoms with Gasteiger partial charge in [-0.2, -0.15) is 4.31 Å². The van der Waals surface area contributed by atoms with Gasteiger partial charge in [-0.25, -0.2) is 22.2 Å². The Hall–Kier alpha value is -1.90. The molecule has 0 aliphatic heterocycles. The molecule has 126 valence electrons. The highest BCUT2D eigenvalue weighted by atomic mass is 32.2. The molecule has 8 heteroatoms. The van der Waals surface area contributed by atoms with Crippen LogP contribution in [0.5, 0.6) is 0 Å². The van der Waals surface area contributed by atoms with Crippen LogP contribution in [0.3, 0.4) is 0 Å². The Labute approximate surface area is 142 Å². The minimum atomic E-state index is -3.97. The highest BCUT2D eigenvalue weighted by molar-refractivity contribution is 7.89. The smallest absolute Gasteiger partial charge is 0.239 e. The number of para-hydroxylation sites is 1. The highest BCUT2D eigenvalue weighted by Crippen LogP contribution is 2.31. The molecule has 0 amide bonds. The number of sulfonamides is 1. The Bertz CT molecular complexity index is 969. The number of halogens is 2. The van der Waals surface area contributed by atoms with Crippen molar-refractivity contribution in [2.45, 2.75) is 17.9 Å². The zero-order chi connectivity index (χ0) is 17.5. The second kappa shape index (κ2) is 6.19. The van der Waals surface area contributed by atoms with Crippen LogP contribution in [0, 0.1) is 11.6 Å².